The molecular formula is C27H30N8O4. The second-order valence-corrected chi connectivity index (χ2v) is 10.2. The summed E-state index contributed by atoms with van der Waals surface area (Å²) >= 11 is 0. The van der Waals surface area contributed by atoms with Crippen molar-refractivity contribution < 1.29 is 19.3 Å². The molecule has 0 amide bonds. The van der Waals surface area contributed by atoms with Gasteiger partial charge in [0.2, 0.25) is 5.95 Å². The molecule has 0 bridgehead atoms. The molecule has 202 valence electrons. The van der Waals surface area contributed by atoms with Crippen LogP contribution in [0, 0.1) is 0 Å². The first-order chi connectivity index (χ1) is 19.1. The van der Waals surface area contributed by atoms with Gasteiger partial charge in [0.05, 0.1) is 74.7 Å². The third-order valence-electron chi connectivity index (χ3n) is 7.84. The van der Waals surface area contributed by atoms with Crippen molar-refractivity contribution in [2.45, 2.75) is 38.3 Å². The molecule has 1 N–H and O–H groups in total. The van der Waals surface area contributed by atoms with Crippen LogP contribution < -0.4 is 14.5 Å². The first-order valence-electron chi connectivity index (χ1n) is 13.2. The number of aromatic nitrogens is 6. The van der Waals surface area contributed by atoms with E-state index < -0.39 is 0 Å². The smallest absolute Gasteiger partial charge is 0.229 e. The van der Waals surface area contributed by atoms with Crippen molar-refractivity contribution >= 4 is 22.8 Å². The second kappa shape index (κ2) is 9.70. The molecule has 0 aliphatic carbocycles. The number of ether oxygens (including phenoxy) is 3. The zero-order chi connectivity index (χ0) is 26.5. The Labute approximate surface area is 225 Å². The van der Waals surface area contributed by atoms with Gasteiger partial charge < -0.3 is 29.1 Å². The van der Waals surface area contributed by atoms with E-state index in [0.717, 1.165) is 34.7 Å². The molecule has 0 radical (unpaired) electrons. The van der Waals surface area contributed by atoms with E-state index >= 15 is 0 Å². The molecule has 3 aromatic heterocycles. The van der Waals surface area contributed by atoms with Crippen molar-refractivity contribution in [3.8, 4) is 17.0 Å². The first kappa shape index (κ1) is 24.2. The summed E-state index contributed by atoms with van der Waals surface area (Å²) in [7, 11) is 1.60. The summed E-state index contributed by atoms with van der Waals surface area (Å²) in [4.78, 5) is 19.5. The number of aliphatic hydroxyl groups excluding tert-OH is 1. The van der Waals surface area contributed by atoms with Crippen molar-refractivity contribution in [2.75, 3.05) is 49.8 Å². The number of nitrogens with zero attached hydrogens (tertiary/aromatic N) is 8. The Bertz CT molecular complexity index is 1530. The van der Waals surface area contributed by atoms with Gasteiger partial charge in [-0.25, -0.2) is 9.67 Å². The van der Waals surface area contributed by atoms with Crippen molar-refractivity contribution in [1.82, 2.24) is 29.9 Å². The van der Waals surface area contributed by atoms with E-state index in [9.17, 15) is 5.11 Å². The summed E-state index contributed by atoms with van der Waals surface area (Å²) in [5.74, 6) is 2.11. The van der Waals surface area contributed by atoms with E-state index in [1.54, 1.807) is 13.3 Å². The number of pyridine rings is 1. The molecule has 7 rings (SSSR count). The molecule has 4 aromatic rings. The van der Waals surface area contributed by atoms with E-state index in [0.29, 0.717) is 55.8 Å². The third-order valence-corrected chi connectivity index (χ3v) is 7.84. The van der Waals surface area contributed by atoms with Crippen LogP contribution in [0.4, 0.5) is 11.8 Å². The highest BCUT2D eigenvalue weighted by atomic mass is 16.5. The van der Waals surface area contributed by atoms with Crippen molar-refractivity contribution in [1.29, 1.82) is 0 Å². The number of benzene rings is 1. The fourth-order valence-corrected chi connectivity index (χ4v) is 5.77. The third kappa shape index (κ3) is 4.15. The van der Waals surface area contributed by atoms with Crippen LogP contribution in [0.2, 0.25) is 0 Å². The van der Waals surface area contributed by atoms with Crippen LogP contribution in [0.3, 0.4) is 0 Å². The minimum atomic E-state index is -0.122. The molecule has 0 saturated carbocycles. The fourth-order valence-electron chi connectivity index (χ4n) is 5.77. The lowest BCUT2D eigenvalue weighted by Gasteiger charge is -2.35. The van der Waals surface area contributed by atoms with Gasteiger partial charge in [0.25, 0.3) is 0 Å². The molecule has 3 aliphatic heterocycles. The summed E-state index contributed by atoms with van der Waals surface area (Å²) < 4.78 is 19.2. The SMILES string of the molecule is COc1ccc(-c2ccc3c(N4CCOC[C@@H]4C)nc(N4CC5OCc6cnnn6C5C4)nc3n2)cc1CO. The Morgan fingerprint density at radius 2 is 2.05 bits per heavy atom. The molecule has 0 spiro atoms. The monoisotopic (exact) mass is 530 g/mol. The zero-order valence-electron chi connectivity index (χ0n) is 21.9. The molecule has 2 fully saturated rings. The highest BCUT2D eigenvalue weighted by Gasteiger charge is 2.41. The normalized spacial score (nSPS) is 22.7. The molecule has 2 unspecified atom stereocenters. The summed E-state index contributed by atoms with van der Waals surface area (Å²) in [5.41, 5.74) is 3.94. The number of rotatable bonds is 5. The molecular weight excluding hydrogens is 500 g/mol. The van der Waals surface area contributed by atoms with Gasteiger partial charge in [0.15, 0.2) is 5.65 Å². The number of fused-ring (bicyclic) bond motifs is 4. The van der Waals surface area contributed by atoms with E-state index in [1.807, 2.05) is 35.0 Å². The largest absolute Gasteiger partial charge is 0.496 e. The summed E-state index contributed by atoms with van der Waals surface area (Å²) in [6, 6.07) is 9.93. The number of hydrogen-bond acceptors (Lipinski definition) is 11. The molecule has 1 aromatic carbocycles. The molecule has 2 saturated heterocycles. The quantitative estimate of drug-likeness (QED) is 0.407. The van der Waals surface area contributed by atoms with Crippen molar-refractivity contribution in [2.24, 2.45) is 0 Å². The van der Waals surface area contributed by atoms with Crippen LogP contribution in [-0.2, 0) is 22.7 Å². The van der Waals surface area contributed by atoms with Gasteiger partial charge in [-0.05, 0) is 37.3 Å². The lowest BCUT2D eigenvalue weighted by molar-refractivity contribution is -0.00255. The summed E-state index contributed by atoms with van der Waals surface area (Å²) in [6.07, 6.45) is 1.75. The van der Waals surface area contributed by atoms with Gasteiger partial charge in [-0.15, -0.1) is 5.10 Å². The molecule has 6 heterocycles. The average molecular weight is 531 g/mol. The van der Waals surface area contributed by atoms with E-state index in [4.69, 9.17) is 29.2 Å². The van der Waals surface area contributed by atoms with Crippen LogP contribution in [0.15, 0.2) is 36.5 Å². The van der Waals surface area contributed by atoms with E-state index in [2.05, 4.69) is 27.0 Å². The second-order valence-electron chi connectivity index (χ2n) is 10.2. The van der Waals surface area contributed by atoms with Crippen LogP contribution in [0.1, 0.15) is 24.2 Å². The summed E-state index contributed by atoms with van der Waals surface area (Å²) in [6.45, 7) is 5.87. The number of methoxy groups -OCH3 is 1. The molecule has 39 heavy (non-hydrogen) atoms. The van der Waals surface area contributed by atoms with Crippen LogP contribution in [-0.4, -0.2) is 87.2 Å². The maximum atomic E-state index is 9.83. The molecule has 3 aliphatic rings. The maximum Gasteiger partial charge on any atom is 0.229 e. The molecule has 12 nitrogen and oxygen atoms in total. The Kier molecular flexibility index (Phi) is 6.02. The van der Waals surface area contributed by atoms with Gasteiger partial charge >= 0.3 is 0 Å². The number of morpholine rings is 1. The Balaban J connectivity index is 1.32. The lowest BCUT2D eigenvalue weighted by atomic mass is 10.1. The maximum absolute atomic E-state index is 9.83. The Morgan fingerprint density at radius 1 is 1.13 bits per heavy atom. The van der Waals surface area contributed by atoms with E-state index in [1.165, 1.54) is 0 Å². The highest BCUT2D eigenvalue weighted by Crippen LogP contribution is 2.35. The van der Waals surface area contributed by atoms with Gasteiger partial charge in [-0.2, -0.15) is 9.97 Å². The van der Waals surface area contributed by atoms with Crippen molar-refractivity contribution in [3.63, 3.8) is 0 Å². The number of anilines is 2. The Hall–Kier alpha value is -3.87. The number of hydrogen-bond donors (Lipinski definition) is 1. The van der Waals surface area contributed by atoms with Crippen LogP contribution in [0.5, 0.6) is 5.75 Å². The van der Waals surface area contributed by atoms with Gasteiger partial charge in [0, 0.05) is 30.8 Å². The van der Waals surface area contributed by atoms with Crippen LogP contribution in [0.25, 0.3) is 22.3 Å². The van der Waals surface area contributed by atoms with Crippen molar-refractivity contribution in [3.05, 3.63) is 47.8 Å². The minimum absolute atomic E-state index is 0.0141. The first-order valence-corrected chi connectivity index (χ1v) is 13.2. The lowest BCUT2D eigenvalue weighted by Crippen LogP contribution is -2.44. The fraction of sp³-hybridized carbons (Fsp3) is 0.444. The predicted molar refractivity (Wildman–Crippen MR) is 143 cm³/mol. The van der Waals surface area contributed by atoms with Gasteiger partial charge in [-0.1, -0.05) is 5.21 Å². The van der Waals surface area contributed by atoms with E-state index in [-0.39, 0.29) is 24.8 Å². The zero-order valence-corrected chi connectivity index (χ0v) is 21.9. The molecule has 3 atom stereocenters. The minimum Gasteiger partial charge on any atom is -0.496 e. The predicted octanol–water partition coefficient (Wildman–Crippen LogP) is 1.97. The molecule has 12 heteroatoms. The topological polar surface area (TPSA) is 124 Å². The summed E-state index contributed by atoms with van der Waals surface area (Å²) in [5, 5.41) is 19.1. The standard InChI is InChI=1S/C27H30N8O4/c1-16-14-38-8-7-34(16)26-20-4-5-21(17-3-6-23(37-2)18(9-17)13-36)29-25(20)30-27(31-26)33-11-22-24(12-33)39-15-19-10-28-32-35(19)22/h3-6,9-10,16,22,24,36H,7-8,11-15H2,1-2H3/t16-,22?,24?/m0/s1. The van der Waals surface area contributed by atoms with Gasteiger partial charge in [0.1, 0.15) is 11.6 Å². The van der Waals surface area contributed by atoms with Gasteiger partial charge in [-0.3, -0.25) is 0 Å². The van der Waals surface area contributed by atoms with Crippen LogP contribution >= 0.6 is 0 Å². The number of aliphatic hydroxyl groups is 1. The highest BCUT2D eigenvalue weighted by molar-refractivity contribution is 5.90. The average Bonchev–Trinajstić information content (AvgIpc) is 3.63. The Morgan fingerprint density at radius 3 is 2.90 bits per heavy atom.